The molecule has 2 saturated heterocycles. The molecule has 6 nitrogen and oxygen atoms in total. The smallest absolute Gasteiger partial charge is 0.147 e. The molecule has 2 fully saturated rings. The summed E-state index contributed by atoms with van der Waals surface area (Å²) in [4.78, 5) is 11.8. The zero-order valence-electron chi connectivity index (χ0n) is 16.2. The van der Waals surface area contributed by atoms with Gasteiger partial charge in [0.1, 0.15) is 5.82 Å². The fourth-order valence-electron chi connectivity index (χ4n) is 4.76. The van der Waals surface area contributed by atoms with Crippen LogP contribution >= 0.6 is 0 Å². The highest BCUT2D eigenvalue weighted by Gasteiger charge is 2.35. The van der Waals surface area contributed by atoms with Crippen molar-refractivity contribution in [3.63, 3.8) is 0 Å². The van der Waals surface area contributed by atoms with Crippen LogP contribution in [0.4, 0.5) is 5.82 Å². The largest absolute Gasteiger partial charge is 0.355 e. The second-order valence-corrected chi connectivity index (χ2v) is 8.17. The zero-order valence-corrected chi connectivity index (χ0v) is 16.2. The lowest BCUT2D eigenvalue weighted by atomic mass is 9.98. The molecule has 2 aromatic heterocycles. The number of anilines is 1. The van der Waals surface area contributed by atoms with Gasteiger partial charge in [-0.3, -0.25) is 9.67 Å². The van der Waals surface area contributed by atoms with Gasteiger partial charge in [-0.1, -0.05) is 0 Å². The van der Waals surface area contributed by atoms with Gasteiger partial charge >= 0.3 is 0 Å². The van der Waals surface area contributed by atoms with E-state index in [1.165, 1.54) is 25.7 Å². The molecule has 5 rings (SSSR count). The van der Waals surface area contributed by atoms with E-state index in [0.29, 0.717) is 18.1 Å². The molecule has 0 aliphatic carbocycles. The molecule has 3 atom stereocenters. The van der Waals surface area contributed by atoms with Gasteiger partial charge in [0, 0.05) is 49.4 Å². The Morgan fingerprint density at radius 3 is 2.59 bits per heavy atom. The summed E-state index contributed by atoms with van der Waals surface area (Å²) in [6.45, 7) is 2.10. The average molecular weight is 362 g/mol. The highest BCUT2D eigenvalue weighted by molar-refractivity contribution is 5.86. The average Bonchev–Trinajstić information content (AvgIpc) is 3.22. The second-order valence-electron chi connectivity index (χ2n) is 8.17. The van der Waals surface area contributed by atoms with E-state index >= 15 is 0 Å². The number of hydrogen-bond donors (Lipinski definition) is 1. The molecule has 1 aromatic carbocycles. The van der Waals surface area contributed by atoms with E-state index < -0.39 is 0 Å². The van der Waals surface area contributed by atoms with Gasteiger partial charge in [0.2, 0.25) is 0 Å². The molecular formula is C21H26N6. The molecule has 2 bridgehead atoms. The summed E-state index contributed by atoms with van der Waals surface area (Å²) >= 11 is 0. The van der Waals surface area contributed by atoms with E-state index in [1.54, 1.807) is 0 Å². The van der Waals surface area contributed by atoms with Crippen molar-refractivity contribution < 1.29 is 0 Å². The van der Waals surface area contributed by atoms with Crippen LogP contribution in [-0.2, 0) is 7.05 Å². The van der Waals surface area contributed by atoms with Crippen LogP contribution in [0.3, 0.4) is 0 Å². The van der Waals surface area contributed by atoms with Crippen LogP contribution in [0.25, 0.3) is 22.2 Å². The number of nitrogens with one attached hydrogen (secondary N) is 1. The minimum absolute atomic E-state index is 0.554. The van der Waals surface area contributed by atoms with Crippen molar-refractivity contribution in [2.24, 2.45) is 7.05 Å². The van der Waals surface area contributed by atoms with Crippen LogP contribution < -0.4 is 10.2 Å². The third-order valence-electron chi connectivity index (χ3n) is 6.20. The van der Waals surface area contributed by atoms with Gasteiger partial charge in [0.05, 0.1) is 23.6 Å². The first kappa shape index (κ1) is 16.7. The summed E-state index contributed by atoms with van der Waals surface area (Å²) in [6, 6.07) is 6.20. The van der Waals surface area contributed by atoms with Gasteiger partial charge in [0.15, 0.2) is 0 Å². The van der Waals surface area contributed by atoms with Crippen LogP contribution in [-0.4, -0.2) is 44.9 Å². The van der Waals surface area contributed by atoms with Crippen molar-refractivity contribution in [2.45, 2.75) is 50.7 Å². The number of fused-ring (bicyclic) bond motifs is 3. The molecule has 6 heteroatoms. The van der Waals surface area contributed by atoms with E-state index in [-0.39, 0.29) is 0 Å². The minimum Gasteiger partial charge on any atom is -0.355 e. The molecule has 0 spiro atoms. The number of aromatic nitrogens is 4. The van der Waals surface area contributed by atoms with E-state index in [0.717, 1.165) is 33.5 Å². The Hall–Kier alpha value is -2.47. The van der Waals surface area contributed by atoms with Gasteiger partial charge < -0.3 is 10.2 Å². The van der Waals surface area contributed by atoms with Crippen molar-refractivity contribution in [2.75, 3.05) is 11.9 Å². The third-order valence-corrected chi connectivity index (χ3v) is 6.20. The molecule has 2 aliphatic rings. The Kier molecular flexibility index (Phi) is 3.90. The molecule has 3 aromatic rings. The van der Waals surface area contributed by atoms with Gasteiger partial charge in [-0.05, 0) is 50.3 Å². The van der Waals surface area contributed by atoms with E-state index in [9.17, 15) is 0 Å². The summed E-state index contributed by atoms with van der Waals surface area (Å²) in [5, 5.41) is 9.37. The molecule has 0 amide bonds. The molecule has 0 radical (unpaired) electrons. The van der Waals surface area contributed by atoms with Crippen molar-refractivity contribution in [1.29, 1.82) is 0 Å². The number of aryl methyl sites for hydroxylation is 2. The maximum absolute atomic E-state index is 4.74. The first-order valence-corrected chi connectivity index (χ1v) is 9.82. The molecule has 4 heterocycles. The van der Waals surface area contributed by atoms with E-state index in [4.69, 9.17) is 9.97 Å². The summed E-state index contributed by atoms with van der Waals surface area (Å²) in [6.07, 6.45) is 10.9. The summed E-state index contributed by atoms with van der Waals surface area (Å²) in [5.41, 5.74) is 4.21. The predicted molar refractivity (Wildman–Crippen MR) is 108 cm³/mol. The molecule has 27 heavy (non-hydrogen) atoms. The maximum atomic E-state index is 4.74. The van der Waals surface area contributed by atoms with Gasteiger partial charge in [-0.25, -0.2) is 4.98 Å². The molecule has 0 saturated carbocycles. The maximum Gasteiger partial charge on any atom is 0.147 e. The summed E-state index contributed by atoms with van der Waals surface area (Å²) in [7, 11) is 4.11. The topological polar surface area (TPSA) is 58.9 Å². The second kappa shape index (κ2) is 6.30. The van der Waals surface area contributed by atoms with Crippen LogP contribution in [0.1, 0.15) is 31.2 Å². The summed E-state index contributed by atoms with van der Waals surface area (Å²) < 4.78 is 1.86. The lowest BCUT2D eigenvalue weighted by Gasteiger charge is -2.36. The Labute approximate surface area is 159 Å². The standard InChI is InChI=1S/C21H26N6/c1-13-6-14(7-15-12-26(2)25-21(13)15)19-10-23-20(11-22-19)27(3)18-8-16-4-5-17(9-18)24-16/h6-7,10-12,16-18,24H,4-5,8-9H2,1-3H3/t16-,17+,18?. The first-order valence-electron chi connectivity index (χ1n) is 9.82. The van der Waals surface area contributed by atoms with Gasteiger partial charge in [0.25, 0.3) is 0 Å². The van der Waals surface area contributed by atoms with Crippen molar-refractivity contribution in [1.82, 2.24) is 25.1 Å². The lowest BCUT2D eigenvalue weighted by molar-refractivity contribution is 0.353. The van der Waals surface area contributed by atoms with Gasteiger partial charge in [-0.2, -0.15) is 5.10 Å². The van der Waals surface area contributed by atoms with Crippen molar-refractivity contribution >= 4 is 16.7 Å². The molecule has 2 aliphatic heterocycles. The lowest BCUT2D eigenvalue weighted by Crippen LogP contribution is -2.47. The van der Waals surface area contributed by atoms with Crippen LogP contribution in [0.15, 0.2) is 30.7 Å². The molecule has 1 unspecified atom stereocenters. The predicted octanol–water partition coefficient (Wildman–Crippen LogP) is 3.06. The highest BCUT2D eigenvalue weighted by atomic mass is 15.2. The molecular weight excluding hydrogens is 336 g/mol. The highest BCUT2D eigenvalue weighted by Crippen LogP contribution is 2.31. The first-order chi connectivity index (χ1) is 13.1. The van der Waals surface area contributed by atoms with Crippen LogP contribution in [0.2, 0.25) is 0 Å². The fourth-order valence-corrected chi connectivity index (χ4v) is 4.76. The van der Waals surface area contributed by atoms with Crippen molar-refractivity contribution in [3.05, 3.63) is 36.3 Å². The Bertz CT molecular complexity index is 964. The van der Waals surface area contributed by atoms with E-state index in [1.807, 2.05) is 30.3 Å². The Morgan fingerprint density at radius 2 is 1.89 bits per heavy atom. The zero-order chi connectivity index (χ0) is 18.5. The van der Waals surface area contributed by atoms with Crippen LogP contribution in [0, 0.1) is 6.92 Å². The molecule has 140 valence electrons. The number of piperidine rings is 1. The fraction of sp³-hybridized carbons (Fsp3) is 0.476. The van der Waals surface area contributed by atoms with Crippen LogP contribution in [0.5, 0.6) is 0 Å². The minimum atomic E-state index is 0.554. The Balaban J connectivity index is 1.40. The monoisotopic (exact) mass is 362 g/mol. The quantitative estimate of drug-likeness (QED) is 0.776. The van der Waals surface area contributed by atoms with E-state index in [2.05, 4.69) is 41.4 Å². The number of hydrogen-bond acceptors (Lipinski definition) is 5. The number of rotatable bonds is 3. The molecule has 1 N–H and O–H groups in total. The number of benzene rings is 1. The Morgan fingerprint density at radius 1 is 1.11 bits per heavy atom. The van der Waals surface area contributed by atoms with Crippen molar-refractivity contribution in [3.8, 4) is 11.3 Å². The van der Waals surface area contributed by atoms with Gasteiger partial charge in [-0.15, -0.1) is 0 Å². The third kappa shape index (κ3) is 2.98. The summed E-state index contributed by atoms with van der Waals surface area (Å²) in [5.74, 6) is 0.962. The number of nitrogens with zero attached hydrogens (tertiary/aromatic N) is 5. The SMILES string of the molecule is Cc1cc(-c2cnc(N(C)C3C[C@H]4CC[C@@H](C3)N4)cn2)cc2cn(C)nc12. The normalized spacial score (nSPS) is 24.5.